The number of nitrogens with zero attached hydrogens (tertiary/aromatic N) is 4. The Morgan fingerprint density at radius 3 is 2.69 bits per heavy atom. The molecule has 0 aliphatic heterocycles. The van der Waals surface area contributed by atoms with Gasteiger partial charge in [0.1, 0.15) is 23.8 Å². The Morgan fingerprint density at radius 1 is 1.03 bits per heavy atom. The van der Waals surface area contributed by atoms with E-state index < -0.39 is 5.82 Å². The Balaban J connectivity index is 1.36. The van der Waals surface area contributed by atoms with Crippen molar-refractivity contribution in [3.63, 3.8) is 0 Å². The molecular weight excluding hydrogens is 409 g/mol. The number of halogens is 1. The van der Waals surface area contributed by atoms with Crippen LogP contribution in [-0.2, 0) is 0 Å². The van der Waals surface area contributed by atoms with Gasteiger partial charge in [-0.25, -0.2) is 19.3 Å². The monoisotopic (exact) mass is 429 g/mol. The SMILES string of the molecule is O=C(Nc1cc(Nc2nccn2-c2cc(NC3CC3)ncn2)ccc1F)c1ccccc1. The van der Waals surface area contributed by atoms with E-state index in [1.807, 2.05) is 12.1 Å². The summed E-state index contributed by atoms with van der Waals surface area (Å²) in [7, 11) is 0. The minimum absolute atomic E-state index is 0.0694. The van der Waals surface area contributed by atoms with Crippen LogP contribution in [0.3, 0.4) is 0 Å². The average Bonchev–Trinajstić information content (AvgIpc) is 3.51. The third-order valence-electron chi connectivity index (χ3n) is 4.98. The lowest BCUT2D eigenvalue weighted by Gasteiger charge is -2.12. The molecule has 1 amide bonds. The molecule has 0 bridgehead atoms. The van der Waals surface area contributed by atoms with Gasteiger partial charge in [0.15, 0.2) is 0 Å². The highest BCUT2D eigenvalue weighted by molar-refractivity contribution is 6.04. The van der Waals surface area contributed by atoms with E-state index in [0.29, 0.717) is 29.1 Å². The van der Waals surface area contributed by atoms with Gasteiger partial charge in [-0.3, -0.25) is 9.36 Å². The Labute approximate surface area is 183 Å². The van der Waals surface area contributed by atoms with Gasteiger partial charge in [-0.1, -0.05) is 18.2 Å². The van der Waals surface area contributed by atoms with Gasteiger partial charge in [0.2, 0.25) is 5.95 Å². The summed E-state index contributed by atoms with van der Waals surface area (Å²) in [6, 6.07) is 15.4. The Bertz CT molecular complexity index is 1250. The second kappa shape index (κ2) is 8.46. The van der Waals surface area contributed by atoms with E-state index in [4.69, 9.17) is 0 Å². The van der Waals surface area contributed by atoms with Crippen molar-refractivity contribution in [3.8, 4) is 5.82 Å². The normalized spacial score (nSPS) is 12.9. The number of hydrogen-bond acceptors (Lipinski definition) is 6. The van der Waals surface area contributed by atoms with Crippen molar-refractivity contribution in [2.45, 2.75) is 18.9 Å². The number of carbonyl (C=O) groups is 1. The van der Waals surface area contributed by atoms with Crippen molar-refractivity contribution in [1.29, 1.82) is 0 Å². The van der Waals surface area contributed by atoms with E-state index in [1.165, 1.54) is 18.5 Å². The zero-order valence-electron chi connectivity index (χ0n) is 17.0. The van der Waals surface area contributed by atoms with Crippen molar-refractivity contribution in [2.75, 3.05) is 16.0 Å². The van der Waals surface area contributed by atoms with E-state index in [2.05, 4.69) is 30.9 Å². The van der Waals surface area contributed by atoms with E-state index in [1.54, 1.807) is 47.3 Å². The number of anilines is 4. The van der Waals surface area contributed by atoms with Crippen LogP contribution < -0.4 is 16.0 Å². The molecule has 3 N–H and O–H groups in total. The highest BCUT2D eigenvalue weighted by Crippen LogP contribution is 2.26. The first kappa shape index (κ1) is 19.7. The first-order valence-electron chi connectivity index (χ1n) is 10.2. The predicted octanol–water partition coefficient (Wildman–Crippen LogP) is 4.37. The molecule has 0 radical (unpaired) electrons. The Kier molecular flexibility index (Phi) is 5.20. The van der Waals surface area contributed by atoms with Gasteiger partial charge in [0.25, 0.3) is 5.91 Å². The molecule has 1 fully saturated rings. The van der Waals surface area contributed by atoms with Crippen LogP contribution >= 0.6 is 0 Å². The van der Waals surface area contributed by atoms with Crippen LogP contribution in [0.4, 0.5) is 27.5 Å². The van der Waals surface area contributed by atoms with Crippen molar-refractivity contribution in [1.82, 2.24) is 19.5 Å². The van der Waals surface area contributed by atoms with Gasteiger partial charge in [-0.05, 0) is 43.2 Å². The summed E-state index contributed by atoms with van der Waals surface area (Å²) in [5.41, 5.74) is 1.08. The molecule has 4 aromatic rings. The number of carbonyl (C=O) groups excluding carboxylic acids is 1. The quantitative estimate of drug-likeness (QED) is 0.404. The Hall–Kier alpha value is -4.27. The van der Waals surface area contributed by atoms with Crippen LogP contribution in [0.2, 0.25) is 0 Å². The van der Waals surface area contributed by atoms with Gasteiger partial charge in [-0.15, -0.1) is 0 Å². The molecule has 2 heterocycles. The molecule has 2 aromatic carbocycles. The molecule has 0 saturated heterocycles. The number of benzene rings is 2. The predicted molar refractivity (Wildman–Crippen MR) is 120 cm³/mol. The van der Waals surface area contributed by atoms with Gasteiger partial charge in [0, 0.05) is 35.8 Å². The number of hydrogen-bond donors (Lipinski definition) is 3. The molecule has 1 aliphatic carbocycles. The molecule has 1 saturated carbocycles. The molecule has 0 atom stereocenters. The smallest absolute Gasteiger partial charge is 0.255 e. The fourth-order valence-corrected chi connectivity index (χ4v) is 3.19. The molecule has 0 unspecified atom stereocenters. The molecule has 8 nitrogen and oxygen atoms in total. The lowest BCUT2D eigenvalue weighted by Crippen LogP contribution is -2.13. The zero-order valence-corrected chi connectivity index (χ0v) is 17.0. The lowest BCUT2D eigenvalue weighted by molar-refractivity contribution is 0.102. The van der Waals surface area contributed by atoms with E-state index >= 15 is 0 Å². The van der Waals surface area contributed by atoms with Gasteiger partial charge in [0.05, 0.1) is 5.69 Å². The second-order valence-corrected chi connectivity index (χ2v) is 7.44. The fraction of sp³-hybridized carbons (Fsp3) is 0.130. The molecular formula is C23H20FN7O. The first-order chi connectivity index (χ1) is 15.7. The molecule has 32 heavy (non-hydrogen) atoms. The van der Waals surface area contributed by atoms with Gasteiger partial charge < -0.3 is 16.0 Å². The van der Waals surface area contributed by atoms with Crippen LogP contribution in [-0.4, -0.2) is 31.5 Å². The van der Waals surface area contributed by atoms with Crippen LogP contribution in [0.5, 0.6) is 0 Å². The Morgan fingerprint density at radius 2 is 1.88 bits per heavy atom. The number of aromatic nitrogens is 4. The molecule has 1 aliphatic rings. The van der Waals surface area contributed by atoms with Crippen molar-refractivity contribution in [3.05, 3.63) is 84.7 Å². The van der Waals surface area contributed by atoms with Crippen molar-refractivity contribution >= 4 is 29.0 Å². The molecule has 0 spiro atoms. The standard InChI is InChI=1S/C23H20FN7O/c24-18-9-8-17(12-19(18)30-22(32)15-4-2-1-3-5-15)29-23-25-10-11-31(23)21-13-20(26-14-27-21)28-16-6-7-16/h1-5,8-14,16H,6-7H2,(H,25,29)(H,30,32)(H,26,27,28). The number of nitrogens with one attached hydrogen (secondary N) is 3. The minimum atomic E-state index is -0.533. The summed E-state index contributed by atoms with van der Waals surface area (Å²) in [5, 5.41) is 9.12. The first-order valence-corrected chi connectivity index (χ1v) is 10.2. The van der Waals surface area contributed by atoms with Crippen LogP contribution in [0, 0.1) is 5.82 Å². The van der Waals surface area contributed by atoms with Gasteiger partial charge in [-0.2, -0.15) is 0 Å². The molecule has 5 rings (SSSR count). The fourth-order valence-electron chi connectivity index (χ4n) is 3.19. The molecule has 2 aromatic heterocycles. The van der Waals surface area contributed by atoms with E-state index in [0.717, 1.165) is 18.7 Å². The number of rotatable bonds is 7. The number of imidazole rings is 1. The minimum Gasteiger partial charge on any atom is -0.367 e. The highest BCUT2D eigenvalue weighted by atomic mass is 19.1. The summed E-state index contributed by atoms with van der Waals surface area (Å²) < 4.78 is 16.1. The third kappa shape index (κ3) is 4.41. The van der Waals surface area contributed by atoms with Crippen molar-refractivity contribution in [2.24, 2.45) is 0 Å². The topological polar surface area (TPSA) is 96.8 Å². The summed E-state index contributed by atoms with van der Waals surface area (Å²) in [4.78, 5) is 25.3. The molecule has 160 valence electrons. The van der Waals surface area contributed by atoms with Crippen molar-refractivity contribution < 1.29 is 9.18 Å². The maximum atomic E-state index is 14.3. The zero-order chi connectivity index (χ0) is 21.9. The maximum Gasteiger partial charge on any atom is 0.255 e. The largest absolute Gasteiger partial charge is 0.367 e. The second-order valence-electron chi connectivity index (χ2n) is 7.44. The van der Waals surface area contributed by atoms with E-state index in [9.17, 15) is 9.18 Å². The van der Waals surface area contributed by atoms with Crippen LogP contribution in [0.15, 0.2) is 73.3 Å². The number of amides is 1. The average molecular weight is 429 g/mol. The lowest BCUT2D eigenvalue weighted by atomic mass is 10.2. The van der Waals surface area contributed by atoms with Crippen LogP contribution in [0.25, 0.3) is 5.82 Å². The molecule has 9 heteroatoms. The third-order valence-corrected chi connectivity index (χ3v) is 4.98. The van der Waals surface area contributed by atoms with E-state index in [-0.39, 0.29) is 11.6 Å². The highest BCUT2D eigenvalue weighted by Gasteiger charge is 2.21. The maximum absolute atomic E-state index is 14.3. The summed E-state index contributed by atoms with van der Waals surface area (Å²) in [6.45, 7) is 0. The van der Waals surface area contributed by atoms with Crippen LogP contribution in [0.1, 0.15) is 23.2 Å². The summed E-state index contributed by atoms with van der Waals surface area (Å²) >= 11 is 0. The van der Waals surface area contributed by atoms with Gasteiger partial charge >= 0.3 is 0 Å². The summed E-state index contributed by atoms with van der Waals surface area (Å²) in [6.07, 6.45) is 7.20. The summed E-state index contributed by atoms with van der Waals surface area (Å²) in [5.74, 6) is 0.968.